The molecule has 1 rings (SSSR count). The van der Waals surface area contributed by atoms with Crippen molar-refractivity contribution in [2.24, 2.45) is 0 Å². The Bertz CT molecular complexity index is 384. The molecule has 0 bridgehead atoms. The minimum Gasteiger partial charge on any atom is -0.446 e. The Labute approximate surface area is 94.5 Å². The van der Waals surface area contributed by atoms with Crippen LogP contribution >= 0.6 is 0 Å². The molecule has 0 aliphatic rings. The molecule has 0 aliphatic heterocycles. The predicted molar refractivity (Wildman–Crippen MR) is 59.8 cm³/mol. The molecule has 0 aromatic carbocycles. The summed E-state index contributed by atoms with van der Waals surface area (Å²) >= 11 is 0. The van der Waals surface area contributed by atoms with Gasteiger partial charge in [-0.25, -0.2) is 14.7 Å². The smallest absolute Gasteiger partial charge is 0.416 e. The molecule has 0 spiro atoms. The Hall–Kier alpha value is -2.09. The largest absolute Gasteiger partial charge is 0.446 e. The second-order valence-electron chi connectivity index (χ2n) is 3.29. The van der Waals surface area contributed by atoms with E-state index >= 15 is 0 Å². The highest BCUT2D eigenvalue weighted by atomic mass is 16.6. The van der Waals surface area contributed by atoms with Gasteiger partial charge in [-0.1, -0.05) is 5.92 Å². The molecule has 0 N–H and O–H groups in total. The lowest BCUT2D eigenvalue weighted by molar-refractivity contribution is 0.123. The summed E-state index contributed by atoms with van der Waals surface area (Å²) in [6.45, 7) is 3.63. The lowest BCUT2D eigenvalue weighted by atomic mass is 10.5. The van der Waals surface area contributed by atoms with E-state index in [0.717, 1.165) is 0 Å². The summed E-state index contributed by atoms with van der Waals surface area (Å²) in [6, 6.07) is 0. The summed E-state index contributed by atoms with van der Waals surface area (Å²) < 4.78 is 5.04. The Morgan fingerprint density at radius 1 is 1.62 bits per heavy atom. The minimum absolute atomic E-state index is 0.101. The summed E-state index contributed by atoms with van der Waals surface area (Å²) in [6.07, 6.45) is 8.93. The molecule has 5 nitrogen and oxygen atoms in total. The number of terminal acetylenes is 1. The van der Waals surface area contributed by atoms with Crippen molar-refractivity contribution in [1.82, 2.24) is 9.97 Å². The summed E-state index contributed by atoms with van der Waals surface area (Å²) in [5, 5.41) is 0. The van der Waals surface area contributed by atoms with Crippen molar-refractivity contribution in [2.75, 3.05) is 11.4 Å². The van der Waals surface area contributed by atoms with Crippen LogP contribution < -0.4 is 4.90 Å². The van der Waals surface area contributed by atoms with E-state index in [2.05, 4.69) is 15.9 Å². The van der Waals surface area contributed by atoms with Crippen LogP contribution in [0.15, 0.2) is 18.6 Å². The van der Waals surface area contributed by atoms with Crippen molar-refractivity contribution < 1.29 is 9.53 Å². The zero-order valence-electron chi connectivity index (χ0n) is 9.25. The van der Waals surface area contributed by atoms with Gasteiger partial charge in [-0.05, 0) is 13.8 Å². The summed E-state index contributed by atoms with van der Waals surface area (Å²) in [4.78, 5) is 20.8. The van der Waals surface area contributed by atoms with Gasteiger partial charge in [0.15, 0.2) is 5.82 Å². The molecule has 0 saturated carbocycles. The van der Waals surface area contributed by atoms with Gasteiger partial charge in [0.05, 0.1) is 18.8 Å². The predicted octanol–water partition coefficient (Wildman–Crippen LogP) is 1.46. The van der Waals surface area contributed by atoms with Gasteiger partial charge in [-0.2, -0.15) is 0 Å². The molecule has 0 atom stereocenters. The molecular formula is C11H13N3O2. The standard InChI is InChI=1S/C11H13N3O2/c1-4-7-14(11(15)16-9(2)3)10-8-12-5-6-13-10/h1,5-6,8-9H,7H2,2-3H3. The summed E-state index contributed by atoms with van der Waals surface area (Å²) in [5.41, 5.74) is 0. The lowest BCUT2D eigenvalue weighted by Crippen LogP contribution is -2.34. The Kier molecular flexibility index (Phi) is 4.28. The van der Waals surface area contributed by atoms with Crippen LogP contribution in [0.25, 0.3) is 0 Å². The molecule has 1 aromatic rings. The first-order valence-corrected chi connectivity index (χ1v) is 4.82. The van der Waals surface area contributed by atoms with Crippen molar-refractivity contribution in [1.29, 1.82) is 0 Å². The van der Waals surface area contributed by atoms with Gasteiger partial charge in [0, 0.05) is 12.4 Å². The fraction of sp³-hybridized carbons (Fsp3) is 0.364. The number of amides is 1. The van der Waals surface area contributed by atoms with E-state index in [4.69, 9.17) is 11.2 Å². The molecule has 0 aliphatic carbocycles. The fourth-order valence-electron chi connectivity index (χ4n) is 1.03. The third-order valence-corrected chi connectivity index (χ3v) is 1.63. The monoisotopic (exact) mass is 219 g/mol. The second-order valence-corrected chi connectivity index (χ2v) is 3.29. The molecule has 0 radical (unpaired) electrons. The molecule has 0 unspecified atom stereocenters. The Balaban J connectivity index is 2.84. The minimum atomic E-state index is -0.520. The van der Waals surface area contributed by atoms with E-state index in [-0.39, 0.29) is 12.6 Å². The molecule has 5 heteroatoms. The SMILES string of the molecule is C#CCN(C(=O)OC(C)C)c1cnccn1. The van der Waals surface area contributed by atoms with E-state index in [1.165, 1.54) is 23.5 Å². The van der Waals surface area contributed by atoms with Crippen LogP contribution in [0.5, 0.6) is 0 Å². The molecule has 1 aromatic heterocycles. The highest BCUT2D eigenvalue weighted by Gasteiger charge is 2.18. The van der Waals surface area contributed by atoms with Crippen molar-refractivity contribution in [2.45, 2.75) is 20.0 Å². The number of aromatic nitrogens is 2. The summed E-state index contributed by atoms with van der Waals surface area (Å²) in [5.74, 6) is 2.76. The van der Waals surface area contributed by atoms with Crippen LogP contribution in [-0.2, 0) is 4.74 Å². The maximum atomic E-state index is 11.7. The van der Waals surface area contributed by atoms with E-state index < -0.39 is 6.09 Å². The van der Waals surface area contributed by atoms with Crippen LogP contribution in [-0.4, -0.2) is 28.7 Å². The maximum Gasteiger partial charge on any atom is 0.416 e. The average Bonchev–Trinajstić information content (AvgIpc) is 2.26. The number of carbonyl (C=O) groups is 1. The molecule has 84 valence electrons. The van der Waals surface area contributed by atoms with Gasteiger partial charge in [-0.15, -0.1) is 6.42 Å². The van der Waals surface area contributed by atoms with Crippen LogP contribution in [0.4, 0.5) is 10.6 Å². The number of hydrogen-bond donors (Lipinski definition) is 0. The molecule has 0 saturated heterocycles. The molecule has 16 heavy (non-hydrogen) atoms. The number of nitrogens with zero attached hydrogens (tertiary/aromatic N) is 3. The first-order chi connectivity index (χ1) is 7.65. The van der Waals surface area contributed by atoms with Crippen LogP contribution in [0.2, 0.25) is 0 Å². The average molecular weight is 219 g/mol. The lowest BCUT2D eigenvalue weighted by Gasteiger charge is -2.19. The Morgan fingerprint density at radius 3 is 2.88 bits per heavy atom. The van der Waals surface area contributed by atoms with Gasteiger partial charge in [0.2, 0.25) is 0 Å². The molecule has 1 amide bonds. The van der Waals surface area contributed by atoms with E-state index in [9.17, 15) is 4.79 Å². The first-order valence-electron chi connectivity index (χ1n) is 4.82. The van der Waals surface area contributed by atoms with Crippen LogP contribution in [0.1, 0.15) is 13.8 Å². The van der Waals surface area contributed by atoms with Gasteiger partial charge >= 0.3 is 6.09 Å². The first kappa shape index (κ1) is 12.0. The fourth-order valence-corrected chi connectivity index (χ4v) is 1.03. The number of ether oxygens (including phenoxy) is 1. The number of anilines is 1. The number of rotatable bonds is 3. The van der Waals surface area contributed by atoms with Gasteiger partial charge in [0.1, 0.15) is 0 Å². The van der Waals surface area contributed by atoms with Crippen molar-refractivity contribution >= 4 is 11.9 Å². The van der Waals surface area contributed by atoms with Crippen LogP contribution in [0, 0.1) is 12.3 Å². The second kappa shape index (κ2) is 5.71. The molecular weight excluding hydrogens is 206 g/mol. The molecule has 1 heterocycles. The van der Waals surface area contributed by atoms with E-state index in [1.807, 2.05) is 0 Å². The van der Waals surface area contributed by atoms with Gasteiger partial charge in [0.25, 0.3) is 0 Å². The normalized spacial score (nSPS) is 9.62. The zero-order valence-corrected chi connectivity index (χ0v) is 9.25. The number of carbonyl (C=O) groups excluding carboxylic acids is 1. The Morgan fingerprint density at radius 2 is 2.38 bits per heavy atom. The highest BCUT2D eigenvalue weighted by Crippen LogP contribution is 2.09. The van der Waals surface area contributed by atoms with E-state index in [0.29, 0.717) is 5.82 Å². The highest BCUT2D eigenvalue weighted by molar-refractivity contribution is 5.86. The molecule has 0 fully saturated rings. The summed E-state index contributed by atoms with van der Waals surface area (Å²) in [7, 11) is 0. The maximum absolute atomic E-state index is 11.7. The van der Waals surface area contributed by atoms with Crippen LogP contribution in [0.3, 0.4) is 0 Å². The van der Waals surface area contributed by atoms with E-state index in [1.54, 1.807) is 13.8 Å². The van der Waals surface area contributed by atoms with Crippen molar-refractivity contribution in [3.63, 3.8) is 0 Å². The quantitative estimate of drug-likeness (QED) is 0.722. The zero-order chi connectivity index (χ0) is 12.0. The topological polar surface area (TPSA) is 55.3 Å². The van der Waals surface area contributed by atoms with Crippen molar-refractivity contribution in [3.05, 3.63) is 18.6 Å². The van der Waals surface area contributed by atoms with Gasteiger partial charge < -0.3 is 4.74 Å². The van der Waals surface area contributed by atoms with Gasteiger partial charge in [-0.3, -0.25) is 4.98 Å². The number of hydrogen-bond acceptors (Lipinski definition) is 4. The van der Waals surface area contributed by atoms with Crippen molar-refractivity contribution in [3.8, 4) is 12.3 Å². The third-order valence-electron chi connectivity index (χ3n) is 1.63. The third kappa shape index (κ3) is 3.24.